The Morgan fingerprint density at radius 3 is 2.93 bits per heavy atom. The summed E-state index contributed by atoms with van der Waals surface area (Å²) in [5.41, 5.74) is 4.84. The molecule has 1 saturated carbocycles. The van der Waals surface area contributed by atoms with Crippen molar-refractivity contribution in [1.82, 2.24) is 9.97 Å². The monoisotopic (exact) mass is 392 g/mol. The molecule has 0 saturated heterocycles. The Balaban J connectivity index is 1.51. The number of hydrogen-bond donors (Lipinski definition) is 3. The molecule has 0 aliphatic heterocycles. The lowest BCUT2D eigenvalue weighted by atomic mass is 9.94. The molecule has 1 aromatic heterocycles. The van der Waals surface area contributed by atoms with Crippen molar-refractivity contribution in [3.05, 3.63) is 60.2 Å². The van der Waals surface area contributed by atoms with Gasteiger partial charge in [0.2, 0.25) is 0 Å². The molecular formula is C23H28N4O2. The van der Waals surface area contributed by atoms with E-state index in [1.165, 1.54) is 0 Å². The molecule has 1 atom stereocenters. The lowest BCUT2D eigenvalue weighted by molar-refractivity contribution is 0.0378. The molecule has 0 amide bonds. The molecule has 1 aromatic carbocycles. The fourth-order valence-electron chi connectivity index (χ4n) is 3.84. The first kappa shape index (κ1) is 19.5. The summed E-state index contributed by atoms with van der Waals surface area (Å²) in [5, 5.41) is 13.2. The number of allylic oxidation sites excluding steroid dienone is 5. The van der Waals surface area contributed by atoms with Gasteiger partial charge >= 0.3 is 0 Å². The topological polar surface area (TPSA) is 82.5 Å². The molecule has 6 heteroatoms. The van der Waals surface area contributed by atoms with E-state index >= 15 is 0 Å². The minimum absolute atomic E-state index is 0.130. The summed E-state index contributed by atoms with van der Waals surface area (Å²) in [7, 11) is 0. The van der Waals surface area contributed by atoms with Gasteiger partial charge in [-0.15, -0.1) is 0 Å². The van der Waals surface area contributed by atoms with Gasteiger partial charge in [0.05, 0.1) is 29.6 Å². The van der Waals surface area contributed by atoms with E-state index in [4.69, 9.17) is 9.73 Å². The predicted octanol–water partition coefficient (Wildman–Crippen LogP) is 4.48. The highest BCUT2D eigenvalue weighted by molar-refractivity contribution is 6.14. The molecule has 4 rings (SSSR count). The van der Waals surface area contributed by atoms with E-state index in [-0.39, 0.29) is 18.4 Å². The Morgan fingerprint density at radius 1 is 1.31 bits per heavy atom. The Morgan fingerprint density at radius 2 is 2.14 bits per heavy atom. The Labute approximate surface area is 171 Å². The van der Waals surface area contributed by atoms with Crippen molar-refractivity contribution in [3.8, 4) is 0 Å². The average Bonchev–Trinajstić information content (AvgIpc) is 3.18. The van der Waals surface area contributed by atoms with Crippen LogP contribution in [0.25, 0.3) is 11.0 Å². The van der Waals surface area contributed by atoms with Crippen LogP contribution in [-0.2, 0) is 4.74 Å². The number of fused-ring (bicyclic) bond motifs is 1. The number of ether oxygens (including phenoxy) is 1. The molecule has 152 valence electrons. The van der Waals surface area contributed by atoms with Crippen molar-refractivity contribution in [2.45, 2.75) is 57.9 Å². The molecule has 2 aliphatic rings. The van der Waals surface area contributed by atoms with Crippen LogP contribution in [0.5, 0.6) is 0 Å². The van der Waals surface area contributed by atoms with Crippen LogP contribution in [0, 0.1) is 0 Å². The highest BCUT2D eigenvalue weighted by atomic mass is 16.5. The molecule has 2 aromatic rings. The second-order valence-electron chi connectivity index (χ2n) is 7.61. The van der Waals surface area contributed by atoms with Crippen LogP contribution >= 0.6 is 0 Å². The number of benzene rings is 1. The first-order valence-corrected chi connectivity index (χ1v) is 10.3. The number of imidazole rings is 1. The number of hydrogen-bond acceptors (Lipinski definition) is 5. The first-order chi connectivity index (χ1) is 14.1. The number of aliphatic hydroxyl groups is 1. The first-order valence-electron chi connectivity index (χ1n) is 10.3. The van der Waals surface area contributed by atoms with Crippen molar-refractivity contribution in [2.75, 3.05) is 5.32 Å². The zero-order valence-electron chi connectivity index (χ0n) is 16.9. The van der Waals surface area contributed by atoms with Crippen LogP contribution in [-0.4, -0.2) is 39.2 Å². The lowest BCUT2D eigenvalue weighted by Gasteiger charge is -2.28. The zero-order chi connectivity index (χ0) is 20.2. The van der Waals surface area contributed by atoms with Crippen LogP contribution in [0.4, 0.5) is 5.69 Å². The van der Waals surface area contributed by atoms with Crippen LogP contribution in [0.1, 0.15) is 39.5 Å². The van der Waals surface area contributed by atoms with Crippen LogP contribution in [0.3, 0.4) is 0 Å². The quantitative estimate of drug-likeness (QED) is 0.700. The maximum absolute atomic E-state index is 9.75. The zero-order valence-corrected chi connectivity index (χ0v) is 16.9. The van der Waals surface area contributed by atoms with Crippen LogP contribution in [0.15, 0.2) is 65.2 Å². The maximum Gasteiger partial charge on any atom is 0.145 e. The normalized spacial score (nSPS) is 26.0. The molecule has 0 bridgehead atoms. The molecule has 29 heavy (non-hydrogen) atoms. The van der Waals surface area contributed by atoms with E-state index < -0.39 is 0 Å². The summed E-state index contributed by atoms with van der Waals surface area (Å²) in [6.45, 7) is 4.05. The molecule has 1 heterocycles. The second kappa shape index (κ2) is 8.66. The predicted molar refractivity (Wildman–Crippen MR) is 117 cm³/mol. The molecule has 1 fully saturated rings. The van der Waals surface area contributed by atoms with Crippen LogP contribution < -0.4 is 5.32 Å². The number of aromatic amines is 1. The van der Waals surface area contributed by atoms with Crippen molar-refractivity contribution in [3.63, 3.8) is 0 Å². The number of aromatic nitrogens is 2. The van der Waals surface area contributed by atoms with E-state index in [0.29, 0.717) is 0 Å². The fraction of sp³-hybridized carbons (Fsp3) is 0.391. The third kappa shape index (κ3) is 4.59. The third-order valence-corrected chi connectivity index (χ3v) is 5.40. The highest BCUT2D eigenvalue weighted by Gasteiger charge is 2.24. The number of aliphatic imine (C=N–C) groups is 1. The maximum atomic E-state index is 9.75. The van der Waals surface area contributed by atoms with Gasteiger partial charge in [0, 0.05) is 5.69 Å². The average molecular weight is 393 g/mol. The SMILES string of the molecule is C/C=C1/C=CC=C(OC2CCC(O)CC2)/C1=N/C(C)Nc1ccc2nc[nH]c2c1. The summed E-state index contributed by atoms with van der Waals surface area (Å²) in [6.07, 6.45) is 12.9. The summed E-state index contributed by atoms with van der Waals surface area (Å²) < 4.78 is 6.31. The molecule has 6 nitrogen and oxygen atoms in total. The van der Waals surface area contributed by atoms with Gasteiger partial charge in [0.1, 0.15) is 17.6 Å². The van der Waals surface area contributed by atoms with Crippen molar-refractivity contribution < 1.29 is 9.84 Å². The largest absolute Gasteiger partial charge is 0.488 e. The Kier molecular flexibility index (Phi) is 5.81. The van der Waals surface area contributed by atoms with Gasteiger partial charge in [-0.2, -0.15) is 0 Å². The molecule has 0 radical (unpaired) electrons. The van der Waals surface area contributed by atoms with Crippen LogP contribution in [0.2, 0.25) is 0 Å². The standard InChI is InChI=1S/C23H28N4O2/c1-3-16-5-4-6-22(29-19-10-8-18(28)9-11-19)23(16)27-15(2)26-17-7-12-20-21(13-17)25-14-24-20/h3-7,12-15,18-19,26,28H,8-11H2,1-2H3,(H,24,25)/b16-3-,27-23+. The smallest absolute Gasteiger partial charge is 0.145 e. The molecule has 1 unspecified atom stereocenters. The van der Waals surface area contributed by atoms with E-state index in [9.17, 15) is 5.11 Å². The summed E-state index contributed by atoms with van der Waals surface area (Å²) in [6, 6.07) is 6.04. The van der Waals surface area contributed by atoms with Gasteiger partial charge in [-0.1, -0.05) is 18.2 Å². The van der Waals surface area contributed by atoms with Crippen molar-refractivity contribution in [1.29, 1.82) is 0 Å². The number of aliphatic hydroxyl groups excluding tert-OH is 1. The lowest BCUT2D eigenvalue weighted by Crippen LogP contribution is -2.27. The van der Waals surface area contributed by atoms with E-state index in [0.717, 1.165) is 59.4 Å². The fourth-order valence-corrected chi connectivity index (χ4v) is 3.84. The van der Waals surface area contributed by atoms with E-state index in [2.05, 4.69) is 27.4 Å². The minimum atomic E-state index is -0.189. The van der Waals surface area contributed by atoms with Gasteiger partial charge in [0.25, 0.3) is 0 Å². The number of nitrogens with one attached hydrogen (secondary N) is 2. The van der Waals surface area contributed by atoms with Crippen molar-refractivity contribution in [2.24, 2.45) is 4.99 Å². The molecule has 2 aliphatic carbocycles. The van der Waals surface area contributed by atoms with Gasteiger partial charge in [0.15, 0.2) is 0 Å². The molecular weight excluding hydrogens is 364 g/mol. The number of rotatable bonds is 5. The summed E-state index contributed by atoms with van der Waals surface area (Å²) in [5.74, 6) is 0.805. The van der Waals surface area contributed by atoms with Gasteiger partial charge in [-0.3, -0.25) is 4.99 Å². The highest BCUT2D eigenvalue weighted by Crippen LogP contribution is 2.27. The number of nitrogens with zero attached hydrogens (tertiary/aromatic N) is 2. The molecule has 3 N–H and O–H groups in total. The Hall–Kier alpha value is -2.86. The minimum Gasteiger partial charge on any atom is -0.488 e. The summed E-state index contributed by atoms with van der Waals surface area (Å²) in [4.78, 5) is 12.3. The summed E-state index contributed by atoms with van der Waals surface area (Å²) >= 11 is 0. The Bertz CT molecular complexity index is 978. The number of H-pyrrole nitrogens is 1. The molecule has 0 spiro atoms. The van der Waals surface area contributed by atoms with E-state index in [1.54, 1.807) is 6.33 Å². The van der Waals surface area contributed by atoms with Crippen molar-refractivity contribution >= 4 is 22.4 Å². The van der Waals surface area contributed by atoms with Gasteiger partial charge in [-0.05, 0) is 69.4 Å². The van der Waals surface area contributed by atoms with Gasteiger partial charge in [-0.25, -0.2) is 4.98 Å². The number of anilines is 1. The second-order valence-corrected chi connectivity index (χ2v) is 7.61. The third-order valence-electron chi connectivity index (χ3n) is 5.40. The van der Waals surface area contributed by atoms with Gasteiger partial charge < -0.3 is 20.1 Å². The van der Waals surface area contributed by atoms with E-state index in [1.807, 2.05) is 44.2 Å².